The number of nitro benzene ring substituents is 1. The average Bonchev–Trinajstić information content (AvgIpc) is 3.20. The number of carbonyl (C=O) groups excluding carboxylic acids is 1. The van der Waals surface area contributed by atoms with Crippen LogP contribution in [0.2, 0.25) is 0 Å². The van der Waals surface area contributed by atoms with Gasteiger partial charge in [0.15, 0.2) is 0 Å². The van der Waals surface area contributed by atoms with E-state index in [2.05, 4.69) is 20.3 Å². The highest BCUT2D eigenvalue weighted by Crippen LogP contribution is 2.23. The molecule has 0 saturated carbocycles. The Kier molecular flexibility index (Phi) is 5.90. The smallest absolute Gasteiger partial charge is 0.295 e. The summed E-state index contributed by atoms with van der Waals surface area (Å²) in [6.45, 7) is 3.77. The molecule has 0 unspecified atom stereocenters. The molecule has 1 aliphatic heterocycles. The van der Waals surface area contributed by atoms with Gasteiger partial charge in [-0.3, -0.25) is 14.9 Å². The van der Waals surface area contributed by atoms with Gasteiger partial charge in [-0.1, -0.05) is 6.42 Å². The van der Waals surface area contributed by atoms with E-state index in [0.29, 0.717) is 6.54 Å². The van der Waals surface area contributed by atoms with E-state index in [9.17, 15) is 14.9 Å². The van der Waals surface area contributed by atoms with Crippen molar-refractivity contribution in [2.75, 3.05) is 26.2 Å². The second kappa shape index (κ2) is 8.52. The van der Waals surface area contributed by atoms with Gasteiger partial charge in [0.05, 0.1) is 4.92 Å². The quantitative estimate of drug-likeness (QED) is 0.459. The van der Waals surface area contributed by atoms with Gasteiger partial charge in [-0.15, -0.1) is 0 Å². The molecule has 0 bridgehead atoms. The topological polar surface area (TPSA) is 106 Å². The molecule has 1 aromatic heterocycles. The highest BCUT2D eigenvalue weighted by Gasteiger charge is 2.19. The van der Waals surface area contributed by atoms with Crippen molar-refractivity contribution in [2.24, 2.45) is 0 Å². The first-order chi connectivity index (χ1) is 12.6. The summed E-state index contributed by atoms with van der Waals surface area (Å²) in [6.07, 6.45) is 7.33. The molecule has 2 heterocycles. The van der Waals surface area contributed by atoms with E-state index in [-0.39, 0.29) is 22.8 Å². The van der Waals surface area contributed by atoms with Crippen molar-refractivity contribution in [2.45, 2.75) is 25.7 Å². The first kappa shape index (κ1) is 18.0. The predicted molar refractivity (Wildman–Crippen MR) is 95.3 cm³/mol. The lowest BCUT2D eigenvalue weighted by atomic mass is 10.1. The molecule has 0 aliphatic carbocycles. The first-order valence-electron chi connectivity index (χ1n) is 8.79. The van der Waals surface area contributed by atoms with Crippen molar-refractivity contribution >= 4 is 11.6 Å². The normalized spacial score (nSPS) is 14.9. The summed E-state index contributed by atoms with van der Waals surface area (Å²) in [5.74, 6) is -0.308. The molecule has 0 spiro atoms. The van der Waals surface area contributed by atoms with Gasteiger partial charge in [0.1, 0.15) is 18.3 Å². The summed E-state index contributed by atoms with van der Waals surface area (Å²) in [5.41, 5.74) is 0.351. The van der Waals surface area contributed by atoms with Gasteiger partial charge in [-0.2, -0.15) is 5.10 Å². The number of rotatable bonds is 7. The number of nitro groups is 1. The fourth-order valence-electron chi connectivity index (χ4n) is 3.13. The summed E-state index contributed by atoms with van der Waals surface area (Å²) in [4.78, 5) is 29.3. The highest BCUT2D eigenvalue weighted by atomic mass is 16.6. The summed E-state index contributed by atoms with van der Waals surface area (Å²) < 4.78 is 1.30. The molecule has 9 heteroatoms. The molecule has 3 rings (SSSR count). The van der Waals surface area contributed by atoms with Gasteiger partial charge >= 0.3 is 0 Å². The lowest BCUT2D eigenvalue weighted by Crippen LogP contribution is -2.33. The van der Waals surface area contributed by atoms with Gasteiger partial charge in [0.2, 0.25) is 0 Å². The summed E-state index contributed by atoms with van der Waals surface area (Å²) in [6, 6.07) is 4.34. The van der Waals surface area contributed by atoms with Crippen molar-refractivity contribution in [3.8, 4) is 5.69 Å². The zero-order valence-electron chi connectivity index (χ0n) is 14.5. The number of likely N-dealkylation sites (tertiary alicyclic amines) is 1. The van der Waals surface area contributed by atoms with Gasteiger partial charge in [0.25, 0.3) is 11.6 Å². The zero-order valence-corrected chi connectivity index (χ0v) is 14.5. The van der Waals surface area contributed by atoms with Crippen LogP contribution in [-0.4, -0.2) is 56.7 Å². The van der Waals surface area contributed by atoms with Crippen LogP contribution in [0.5, 0.6) is 0 Å². The van der Waals surface area contributed by atoms with Crippen LogP contribution in [0.1, 0.15) is 36.0 Å². The number of nitrogens with one attached hydrogen (secondary N) is 1. The molecule has 2 aromatic rings. The third-order valence-corrected chi connectivity index (χ3v) is 4.49. The Hall–Kier alpha value is -2.81. The minimum absolute atomic E-state index is 0.184. The second-order valence-electron chi connectivity index (χ2n) is 6.31. The maximum Gasteiger partial charge on any atom is 0.295 e. The third-order valence-electron chi connectivity index (χ3n) is 4.49. The highest BCUT2D eigenvalue weighted by molar-refractivity contribution is 5.95. The largest absolute Gasteiger partial charge is 0.352 e. The van der Waals surface area contributed by atoms with E-state index in [1.165, 1.54) is 48.7 Å². The molecule has 1 N–H and O–H groups in total. The van der Waals surface area contributed by atoms with Crippen LogP contribution in [0.4, 0.5) is 5.69 Å². The molecular formula is C17H22N6O3. The number of aromatic nitrogens is 3. The van der Waals surface area contributed by atoms with Gasteiger partial charge in [0, 0.05) is 18.2 Å². The Labute approximate surface area is 151 Å². The van der Waals surface area contributed by atoms with Crippen LogP contribution in [0.3, 0.4) is 0 Å². The number of carbonyl (C=O) groups is 1. The second-order valence-corrected chi connectivity index (χ2v) is 6.31. The van der Waals surface area contributed by atoms with Crippen LogP contribution in [0.15, 0.2) is 30.9 Å². The lowest BCUT2D eigenvalue weighted by molar-refractivity contribution is -0.384. The molecule has 1 aromatic carbocycles. The number of hydrogen-bond acceptors (Lipinski definition) is 6. The van der Waals surface area contributed by atoms with E-state index in [4.69, 9.17) is 0 Å². The van der Waals surface area contributed by atoms with Crippen molar-refractivity contribution in [1.29, 1.82) is 0 Å². The Morgan fingerprint density at radius 1 is 1.27 bits per heavy atom. The monoisotopic (exact) mass is 358 g/mol. The van der Waals surface area contributed by atoms with Crippen LogP contribution < -0.4 is 5.32 Å². The molecule has 1 fully saturated rings. The van der Waals surface area contributed by atoms with Crippen LogP contribution >= 0.6 is 0 Å². The number of nitrogens with zero attached hydrogens (tertiary/aromatic N) is 5. The van der Waals surface area contributed by atoms with E-state index >= 15 is 0 Å². The molecule has 0 radical (unpaired) electrons. The predicted octanol–water partition coefficient (Wildman–Crippen LogP) is 1.78. The number of amides is 1. The fraction of sp³-hybridized carbons (Fsp3) is 0.471. The SMILES string of the molecule is O=C(NCCCN1CCCCC1)c1ccc(-n2cncn2)c([N+](=O)[O-])c1. The van der Waals surface area contributed by atoms with Crippen LogP contribution in [0, 0.1) is 10.1 Å². The minimum Gasteiger partial charge on any atom is -0.352 e. The van der Waals surface area contributed by atoms with Gasteiger partial charge in [-0.05, 0) is 51.0 Å². The Morgan fingerprint density at radius 2 is 2.08 bits per heavy atom. The van der Waals surface area contributed by atoms with E-state index in [1.54, 1.807) is 6.07 Å². The van der Waals surface area contributed by atoms with Crippen molar-refractivity contribution in [1.82, 2.24) is 25.0 Å². The Morgan fingerprint density at radius 3 is 2.77 bits per heavy atom. The zero-order chi connectivity index (χ0) is 18.4. The lowest BCUT2D eigenvalue weighted by Gasteiger charge is -2.26. The average molecular weight is 358 g/mol. The minimum atomic E-state index is -0.524. The molecule has 1 aliphatic rings. The van der Waals surface area contributed by atoms with Gasteiger partial charge < -0.3 is 10.2 Å². The molecule has 138 valence electrons. The molecule has 26 heavy (non-hydrogen) atoms. The maximum absolute atomic E-state index is 12.3. The maximum atomic E-state index is 12.3. The van der Waals surface area contributed by atoms with Crippen LogP contribution in [-0.2, 0) is 0 Å². The molecule has 1 saturated heterocycles. The van der Waals surface area contributed by atoms with E-state index in [0.717, 1.165) is 26.1 Å². The standard InChI is InChI=1S/C17H22N6O3/c24-17(19-7-4-10-21-8-2-1-3-9-21)14-5-6-15(16(11-14)23(25)26)22-13-18-12-20-22/h5-6,11-13H,1-4,7-10H2,(H,19,24). The molecular weight excluding hydrogens is 336 g/mol. The van der Waals surface area contributed by atoms with E-state index in [1.807, 2.05) is 0 Å². The summed E-state index contributed by atoms with van der Waals surface area (Å²) in [5, 5.41) is 18.1. The van der Waals surface area contributed by atoms with Crippen molar-refractivity contribution in [3.63, 3.8) is 0 Å². The van der Waals surface area contributed by atoms with Crippen molar-refractivity contribution in [3.05, 3.63) is 46.5 Å². The molecule has 0 atom stereocenters. The van der Waals surface area contributed by atoms with Crippen LogP contribution in [0.25, 0.3) is 5.69 Å². The number of piperidine rings is 1. The molecule has 9 nitrogen and oxygen atoms in total. The van der Waals surface area contributed by atoms with E-state index < -0.39 is 4.92 Å². The van der Waals surface area contributed by atoms with Crippen molar-refractivity contribution < 1.29 is 9.72 Å². The third kappa shape index (κ3) is 4.42. The molecule has 1 amide bonds. The first-order valence-corrected chi connectivity index (χ1v) is 8.79. The van der Waals surface area contributed by atoms with Gasteiger partial charge in [-0.25, -0.2) is 9.67 Å². The summed E-state index contributed by atoms with van der Waals surface area (Å²) in [7, 11) is 0. The number of hydrogen-bond donors (Lipinski definition) is 1. The Balaban J connectivity index is 1.58. The fourth-order valence-corrected chi connectivity index (χ4v) is 3.13. The summed E-state index contributed by atoms with van der Waals surface area (Å²) >= 11 is 0. The Bertz CT molecular complexity index is 756. The number of benzene rings is 1.